The molecule has 0 saturated heterocycles. The molecule has 0 radical (unpaired) electrons. The van der Waals surface area contributed by atoms with E-state index < -0.39 is 0 Å². The van der Waals surface area contributed by atoms with E-state index in [1.807, 2.05) is 24.3 Å². The summed E-state index contributed by atoms with van der Waals surface area (Å²) < 4.78 is 5.90. The number of aryl methyl sites for hydroxylation is 1. The molecule has 126 valence electrons. The molecule has 3 rings (SSSR count). The molecule has 0 aromatic heterocycles. The average molecular weight is 316 g/mol. The van der Waals surface area contributed by atoms with Gasteiger partial charge in [-0.05, 0) is 44.2 Å². The van der Waals surface area contributed by atoms with Gasteiger partial charge in [0.15, 0.2) is 0 Å². The number of rotatable bonds is 6. The van der Waals surface area contributed by atoms with Crippen LogP contribution in [0.4, 0.5) is 5.69 Å². The van der Waals surface area contributed by atoms with E-state index >= 15 is 0 Å². The predicted octanol–water partition coefficient (Wildman–Crippen LogP) is 3.06. The van der Waals surface area contributed by atoms with E-state index in [4.69, 9.17) is 10.5 Å². The number of carbonyl (C=O) groups excluding carboxylic acids is 1. The van der Waals surface area contributed by atoms with Crippen molar-refractivity contribution in [1.82, 2.24) is 5.32 Å². The Hall–Kier alpha value is -1.55. The van der Waals surface area contributed by atoms with Crippen LogP contribution in [-0.4, -0.2) is 24.7 Å². The van der Waals surface area contributed by atoms with Crippen LogP contribution in [0, 0.1) is 5.41 Å². The molecule has 23 heavy (non-hydrogen) atoms. The first-order valence-electron chi connectivity index (χ1n) is 8.90. The third-order valence-corrected chi connectivity index (χ3v) is 5.70. The lowest BCUT2D eigenvalue weighted by Gasteiger charge is -2.54. The summed E-state index contributed by atoms with van der Waals surface area (Å²) in [6.45, 7) is 2.82. The molecule has 1 amide bonds. The number of nitrogens with one attached hydrogen (secondary N) is 1. The summed E-state index contributed by atoms with van der Waals surface area (Å²) in [5.74, 6) is 0.138. The summed E-state index contributed by atoms with van der Waals surface area (Å²) in [5.41, 5.74) is 7.97. The van der Waals surface area contributed by atoms with Crippen molar-refractivity contribution in [3.63, 3.8) is 0 Å². The SMILES string of the molecule is CCOC1CC(NC(=O)CCc2ccccc2N)C12CCCC2. The van der Waals surface area contributed by atoms with Crippen molar-refractivity contribution in [2.45, 2.75) is 64.0 Å². The second kappa shape index (κ2) is 6.91. The Morgan fingerprint density at radius 3 is 2.78 bits per heavy atom. The Morgan fingerprint density at radius 2 is 2.09 bits per heavy atom. The molecule has 2 saturated carbocycles. The van der Waals surface area contributed by atoms with E-state index in [-0.39, 0.29) is 11.3 Å². The summed E-state index contributed by atoms with van der Waals surface area (Å²) in [5, 5.41) is 3.27. The van der Waals surface area contributed by atoms with Gasteiger partial charge < -0.3 is 15.8 Å². The van der Waals surface area contributed by atoms with E-state index in [1.165, 1.54) is 25.7 Å². The van der Waals surface area contributed by atoms with Crippen LogP contribution >= 0.6 is 0 Å². The van der Waals surface area contributed by atoms with Gasteiger partial charge in [-0.2, -0.15) is 0 Å². The van der Waals surface area contributed by atoms with E-state index in [2.05, 4.69) is 12.2 Å². The zero-order valence-corrected chi connectivity index (χ0v) is 14.0. The van der Waals surface area contributed by atoms with Gasteiger partial charge in [-0.3, -0.25) is 4.79 Å². The first-order valence-corrected chi connectivity index (χ1v) is 8.90. The van der Waals surface area contributed by atoms with E-state index in [1.54, 1.807) is 0 Å². The van der Waals surface area contributed by atoms with Crippen LogP contribution in [0.15, 0.2) is 24.3 Å². The molecule has 2 atom stereocenters. The number of benzene rings is 1. The second-order valence-electron chi connectivity index (χ2n) is 6.94. The second-order valence-corrected chi connectivity index (χ2v) is 6.94. The van der Waals surface area contributed by atoms with Gasteiger partial charge in [0.1, 0.15) is 0 Å². The third-order valence-electron chi connectivity index (χ3n) is 5.70. The number of hydrogen-bond donors (Lipinski definition) is 2. The third kappa shape index (κ3) is 3.23. The first kappa shape index (κ1) is 16.3. The van der Waals surface area contributed by atoms with Crippen molar-refractivity contribution in [2.24, 2.45) is 5.41 Å². The molecule has 4 heteroatoms. The Morgan fingerprint density at radius 1 is 1.35 bits per heavy atom. The molecule has 0 bridgehead atoms. The normalized spacial score (nSPS) is 25.3. The van der Waals surface area contributed by atoms with Gasteiger partial charge in [-0.15, -0.1) is 0 Å². The quantitative estimate of drug-likeness (QED) is 0.793. The summed E-state index contributed by atoms with van der Waals surface area (Å²) in [6, 6.07) is 8.07. The molecule has 4 nitrogen and oxygen atoms in total. The average Bonchev–Trinajstić information content (AvgIpc) is 3.06. The zero-order valence-electron chi connectivity index (χ0n) is 14.0. The van der Waals surface area contributed by atoms with Crippen molar-refractivity contribution < 1.29 is 9.53 Å². The van der Waals surface area contributed by atoms with Gasteiger partial charge in [-0.1, -0.05) is 31.0 Å². The standard InChI is InChI=1S/C19H28N2O2/c1-2-23-17-13-16(19(17)11-5-6-12-19)21-18(22)10-9-14-7-3-4-8-15(14)20/h3-4,7-8,16-17H,2,5-6,9-13,20H2,1H3,(H,21,22). The highest BCUT2D eigenvalue weighted by atomic mass is 16.5. The number of ether oxygens (including phenoxy) is 1. The molecule has 2 unspecified atom stereocenters. The molecule has 1 aromatic rings. The number of hydrogen-bond acceptors (Lipinski definition) is 3. The molecule has 2 aliphatic carbocycles. The highest BCUT2D eigenvalue weighted by Crippen LogP contribution is 2.54. The summed E-state index contributed by atoms with van der Waals surface area (Å²) >= 11 is 0. The Labute approximate surface area is 138 Å². The molecule has 2 fully saturated rings. The molecule has 0 aliphatic heterocycles. The van der Waals surface area contributed by atoms with Gasteiger partial charge >= 0.3 is 0 Å². The van der Waals surface area contributed by atoms with Gasteiger partial charge in [-0.25, -0.2) is 0 Å². The molecule has 1 spiro atoms. The Bertz CT molecular complexity index is 552. The summed E-state index contributed by atoms with van der Waals surface area (Å²) in [7, 11) is 0. The van der Waals surface area contributed by atoms with Crippen LogP contribution in [0.25, 0.3) is 0 Å². The smallest absolute Gasteiger partial charge is 0.220 e. The van der Waals surface area contributed by atoms with Crippen molar-refractivity contribution in [3.05, 3.63) is 29.8 Å². The summed E-state index contributed by atoms with van der Waals surface area (Å²) in [4.78, 5) is 12.3. The lowest BCUT2D eigenvalue weighted by atomic mass is 9.60. The molecular formula is C19H28N2O2. The predicted molar refractivity (Wildman–Crippen MR) is 92.0 cm³/mol. The maximum atomic E-state index is 12.3. The monoisotopic (exact) mass is 316 g/mol. The minimum atomic E-state index is 0.138. The van der Waals surface area contributed by atoms with E-state index in [0.29, 0.717) is 25.0 Å². The number of nitrogens with two attached hydrogens (primary N) is 1. The number of para-hydroxylation sites is 1. The highest BCUT2D eigenvalue weighted by molar-refractivity contribution is 5.77. The zero-order chi connectivity index (χ0) is 16.3. The van der Waals surface area contributed by atoms with Crippen molar-refractivity contribution in [2.75, 3.05) is 12.3 Å². The van der Waals surface area contributed by atoms with Crippen LogP contribution in [0.3, 0.4) is 0 Å². The van der Waals surface area contributed by atoms with Gasteiger partial charge in [0, 0.05) is 30.2 Å². The fraction of sp³-hybridized carbons (Fsp3) is 0.632. The minimum absolute atomic E-state index is 0.138. The van der Waals surface area contributed by atoms with Gasteiger partial charge in [0.25, 0.3) is 0 Å². The van der Waals surface area contributed by atoms with Crippen molar-refractivity contribution in [1.29, 1.82) is 0 Å². The number of nitrogen functional groups attached to an aromatic ring is 1. The fourth-order valence-corrected chi connectivity index (χ4v) is 4.37. The maximum Gasteiger partial charge on any atom is 0.220 e. The lowest BCUT2D eigenvalue weighted by Crippen LogP contribution is -2.63. The Kier molecular flexibility index (Phi) is 4.90. The van der Waals surface area contributed by atoms with Crippen LogP contribution in [0.5, 0.6) is 0 Å². The van der Waals surface area contributed by atoms with Gasteiger partial charge in [0.05, 0.1) is 6.10 Å². The maximum absolute atomic E-state index is 12.3. The largest absolute Gasteiger partial charge is 0.399 e. The topological polar surface area (TPSA) is 64.3 Å². The van der Waals surface area contributed by atoms with E-state index in [9.17, 15) is 4.79 Å². The minimum Gasteiger partial charge on any atom is -0.399 e. The molecule has 0 heterocycles. The molecule has 2 aliphatic rings. The summed E-state index contributed by atoms with van der Waals surface area (Å²) in [6.07, 6.45) is 7.40. The van der Waals surface area contributed by atoms with Crippen molar-refractivity contribution >= 4 is 11.6 Å². The van der Waals surface area contributed by atoms with E-state index in [0.717, 1.165) is 24.3 Å². The molecular weight excluding hydrogens is 288 g/mol. The van der Waals surface area contributed by atoms with Crippen LogP contribution in [0.2, 0.25) is 0 Å². The molecule has 3 N–H and O–H groups in total. The number of carbonyl (C=O) groups is 1. The number of amides is 1. The Balaban J connectivity index is 1.53. The van der Waals surface area contributed by atoms with Crippen LogP contribution < -0.4 is 11.1 Å². The van der Waals surface area contributed by atoms with Crippen molar-refractivity contribution in [3.8, 4) is 0 Å². The lowest BCUT2D eigenvalue weighted by molar-refractivity contribution is -0.144. The van der Waals surface area contributed by atoms with Crippen LogP contribution in [-0.2, 0) is 16.0 Å². The fourth-order valence-electron chi connectivity index (χ4n) is 4.37. The highest BCUT2D eigenvalue weighted by Gasteiger charge is 2.57. The van der Waals surface area contributed by atoms with Gasteiger partial charge in [0.2, 0.25) is 5.91 Å². The number of anilines is 1. The van der Waals surface area contributed by atoms with Crippen LogP contribution in [0.1, 0.15) is 51.0 Å². The molecule has 1 aromatic carbocycles. The first-order chi connectivity index (χ1) is 11.2.